The van der Waals surface area contributed by atoms with E-state index < -0.39 is 26.7 Å². The van der Waals surface area contributed by atoms with Crippen LogP contribution in [0.5, 0.6) is 0 Å². The molecule has 0 bridgehead atoms. The molecule has 0 aliphatic carbocycles. The number of anilines is 2. The van der Waals surface area contributed by atoms with E-state index in [-0.39, 0.29) is 5.92 Å². The molecule has 0 saturated carbocycles. The second-order valence-corrected chi connectivity index (χ2v) is 7.68. The highest BCUT2D eigenvalue weighted by Gasteiger charge is 2.26. The quantitative estimate of drug-likeness (QED) is 0.813. The summed E-state index contributed by atoms with van der Waals surface area (Å²) in [6.07, 6.45) is 0. The van der Waals surface area contributed by atoms with Gasteiger partial charge in [-0.1, -0.05) is 19.9 Å². The summed E-state index contributed by atoms with van der Waals surface area (Å²) in [7, 11) is -3.45. The van der Waals surface area contributed by atoms with Crippen molar-refractivity contribution < 1.29 is 13.2 Å². The molecule has 0 aromatic heterocycles. The Bertz CT molecular complexity index is 594. The Morgan fingerprint density at radius 2 is 1.90 bits per heavy atom. The van der Waals surface area contributed by atoms with Crippen molar-refractivity contribution in [2.24, 2.45) is 5.92 Å². The van der Waals surface area contributed by atoms with Gasteiger partial charge in [-0.3, -0.25) is 4.79 Å². The van der Waals surface area contributed by atoms with E-state index in [1.54, 1.807) is 32.0 Å². The zero-order valence-electron chi connectivity index (χ0n) is 12.3. The fraction of sp³-hybridized carbons (Fsp3) is 0.500. The molecule has 0 saturated heterocycles. The lowest BCUT2D eigenvalue weighted by molar-refractivity contribution is -0.113. The molecule has 112 valence electrons. The van der Waals surface area contributed by atoms with Crippen LogP contribution in [0.1, 0.15) is 26.3 Å². The molecule has 0 aliphatic rings. The molecule has 3 N–H and O–H groups in total. The molecule has 0 radical (unpaired) electrons. The zero-order chi connectivity index (χ0) is 15.5. The Morgan fingerprint density at radius 3 is 2.45 bits per heavy atom. The van der Waals surface area contributed by atoms with E-state index in [4.69, 9.17) is 5.73 Å². The predicted octanol–water partition coefficient (Wildman–Crippen LogP) is 1.98. The molecule has 0 heterocycles. The lowest BCUT2D eigenvalue weighted by atomic mass is 10.1. The van der Waals surface area contributed by atoms with Gasteiger partial charge in [0, 0.05) is 11.4 Å². The van der Waals surface area contributed by atoms with Gasteiger partial charge in [0.15, 0.2) is 9.84 Å². The first-order valence-electron chi connectivity index (χ1n) is 6.51. The van der Waals surface area contributed by atoms with Crippen LogP contribution < -0.4 is 11.1 Å². The van der Waals surface area contributed by atoms with Gasteiger partial charge in [-0.25, -0.2) is 8.42 Å². The zero-order valence-corrected chi connectivity index (χ0v) is 13.1. The van der Waals surface area contributed by atoms with Crippen LogP contribution in [0.4, 0.5) is 11.4 Å². The molecular formula is C14H22N2O3S. The summed E-state index contributed by atoms with van der Waals surface area (Å²) >= 11 is 0. The lowest BCUT2D eigenvalue weighted by Crippen LogP contribution is -2.32. The summed E-state index contributed by atoms with van der Waals surface area (Å²) in [6, 6.07) is 5.13. The van der Waals surface area contributed by atoms with E-state index in [0.717, 1.165) is 5.56 Å². The van der Waals surface area contributed by atoms with Crippen LogP contribution in [0.15, 0.2) is 18.2 Å². The van der Waals surface area contributed by atoms with Gasteiger partial charge >= 0.3 is 0 Å². The summed E-state index contributed by atoms with van der Waals surface area (Å²) < 4.78 is 24.1. The standard InChI is InChI=1S/C14H22N2O3S/c1-9(2)11(4)20(18,19)8-14(17)16-13-7-5-6-12(15)10(13)3/h5-7,9,11H,8,15H2,1-4H3,(H,16,17). The first kappa shape index (κ1) is 16.5. The third-order valence-corrected chi connectivity index (χ3v) is 5.83. The lowest BCUT2D eigenvalue weighted by Gasteiger charge is -2.16. The molecule has 5 nitrogen and oxygen atoms in total. The smallest absolute Gasteiger partial charge is 0.239 e. The maximum absolute atomic E-state index is 12.0. The number of amides is 1. The van der Waals surface area contributed by atoms with Crippen molar-refractivity contribution in [3.05, 3.63) is 23.8 Å². The molecule has 0 spiro atoms. The number of benzene rings is 1. The second kappa shape index (κ2) is 6.26. The number of carbonyl (C=O) groups excluding carboxylic acids is 1. The van der Waals surface area contributed by atoms with Gasteiger partial charge in [-0.05, 0) is 37.5 Å². The van der Waals surface area contributed by atoms with E-state index >= 15 is 0 Å². The second-order valence-electron chi connectivity index (χ2n) is 5.32. The Balaban J connectivity index is 2.81. The van der Waals surface area contributed by atoms with Gasteiger partial charge in [0.2, 0.25) is 5.91 Å². The predicted molar refractivity (Wildman–Crippen MR) is 82.3 cm³/mol. The van der Waals surface area contributed by atoms with Gasteiger partial charge < -0.3 is 11.1 Å². The number of hydrogen-bond acceptors (Lipinski definition) is 4. The Labute approximate surface area is 120 Å². The Hall–Kier alpha value is -1.56. The van der Waals surface area contributed by atoms with Crippen LogP contribution >= 0.6 is 0 Å². The van der Waals surface area contributed by atoms with Gasteiger partial charge in [-0.2, -0.15) is 0 Å². The number of sulfone groups is 1. The summed E-state index contributed by atoms with van der Waals surface area (Å²) in [5.74, 6) is -1.08. The minimum Gasteiger partial charge on any atom is -0.398 e. The minimum atomic E-state index is -3.45. The summed E-state index contributed by atoms with van der Waals surface area (Å²) in [5.41, 5.74) is 7.57. The third kappa shape index (κ3) is 3.96. The molecule has 0 aliphatic heterocycles. The third-order valence-electron chi connectivity index (χ3n) is 3.49. The van der Waals surface area contributed by atoms with Crippen LogP contribution in [-0.2, 0) is 14.6 Å². The average molecular weight is 298 g/mol. The molecule has 1 amide bonds. The molecule has 1 unspecified atom stereocenters. The first-order valence-corrected chi connectivity index (χ1v) is 8.23. The highest BCUT2D eigenvalue weighted by atomic mass is 32.2. The van der Waals surface area contributed by atoms with E-state index in [0.29, 0.717) is 11.4 Å². The van der Waals surface area contributed by atoms with Crippen LogP contribution in [0.25, 0.3) is 0 Å². The highest BCUT2D eigenvalue weighted by Crippen LogP contribution is 2.20. The fourth-order valence-corrected chi connectivity index (χ4v) is 3.23. The molecule has 1 rings (SSSR count). The molecule has 1 atom stereocenters. The Morgan fingerprint density at radius 1 is 1.30 bits per heavy atom. The van der Waals surface area contributed by atoms with E-state index in [2.05, 4.69) is 5.32 Å². The fourth-order valence-electron chi connectivity index (χ4n) is 1.70. The van der Waals surface area contributed by atoms with Crippen molar-refractivity contribution in [2.75, 3.05) is 16.8 Å². The summed E-state index contributed by atoms with van der Waals surface area (Å²) in [6.45, 7) is 7.04. The SMILES string of the molecule is Cc1c(N)cccc1NC(=O)CS(=O)(=O)C(C)C(C)C. The van der Waals surface area contributed by atoms with Crippen molar-refractivity contribution in [1.29, 1.82) is 0 Å². The number of nitrogens with one attached hydrogen (secondary N) is 1. The van der Waals surface area contributed by atoms with Crippen LogP contribution in [0.2, 0.25) is 0 Å². The van der Waals surface area contributed by atoms with Gasteiger partial charge in [0.05, 0.1) is 5.25 Å². The first-order chi connectivity index (χ1) is 9.15. The number of nitrogen functional groups attached to an aromatic ring is 1. The summed E-state index contributed by atoms with van der Waals surface area (Å²) in [4.78, 5) is 11.9. The van der Waals surface area contributed by atoms with Crippen LogP contribution in [0, 0.1) is 12.8 Å². The monoisotopic (exact) mass is 298 g/mol. The summed E-state index contributed by atoms with van der Waals surface area (Å²) in [5, 5.41) is 2.06. The van der Waals surface area contributed by atoms with E-state index in [1.807, 2.05) is 13.8 Å². The number of nitrogens with two attached hydrogens (primary N) is 1. The normalized spacial score (nSPS) is 13.2. The van der Waals surface area contributed by atoms with Crippen molar-refractivity contribution in [3.8, 4) is 0 Å². The number of carbonyl (C=O) groups is 1. The molecule has 1 aromatic rings. The minimum absolute atomic E-state index is 0.0260. The molecule has 0 fully saturated rings. The number of rotatable bonds is 5. The van der Waals surface area contributed by atoms with E-state index in [9.17, 15) is 13.2 Å². The molecule has 20 heavy (non-hydrogen) atoms. The Kier molecular flexibility index (Phi) is 5.16. The largest absolute Gasteiger partial charge is 0.398 e. The van der Waals surface area contributed by atoms with Crippen molar-refractivity contribution in [1.82, 2.24) is 0 Å². The van der Waals surface area contributed by atoms with Crippen molar-refractivity contribution in [2.45, 2.75) is 32.9 Å². The van der Waals surface area contributed by atoms with Gasteiger partial charge in [-0.15, -0.1) is 0 Å². The van der Waals surface area contributed by atoms with E-state index in [1.165, 1.54) is 0 Å². The topological polar surface area (TPSA) is 89.3 Å². The molecule has 1 aromatic carbocycles. The highest BCUT2D eigenvalue weighted by molar-refractivity contribution is 7.92. The average Bonchev–Trinajstić information content (AvgIpc) is 2.33. The van der Waals surface area contributed by atoms with Crippen LogP contribution in [-0.4, -0.2) is 25.3 Å². The van der Waals surface area contributed by atoms with Crippen molar-refractivity contribution in [3.63, 3.8) is 0 Å². The maximum atomic E-state index is 12.0. The van der Waals surface area contributed by atoms with Crippen LogP contribution in [0.3, 0.4) is 0 Å². The van der Waals surface area contributed by atoms with Crippen molar-refractivity contribution >= 4 is 27.1 Å². The molecule has 6 heteroatoms. The van der Waals surface area contributed by atoms with Gasteiger partial charge in [0.25, 0.3) is 0 Å². The van der Waals surface area contributed by atoms with Gasteiger partial charge in [0.1, 0.15) is 5.75 Å². The number of hydrogen-bond donors (Lipinski definition) is 2. The maximum Gasteiger partial charge on any atom is 0.239 e. The molecular weight excluding hydrogens is 276 g/mol.